The lowest BCUT2D eigenvalue weighted by molar-refractivity contribution is -0.133. The largest absolute Gasteiger partial charge is 0.497 e. The quantitative estimate of drug-likeness (QED) is 0.436. The molecule has 0 aliphatic carbocycles. The third-order valence-electron chi connectivity index (χ3n) is 5.70. The van der Waals surface area contributed by atoms with Crippen molar-refractivity contribution in [3.05, 3.63) is 60.3 Å². The van der Waals surface area contributed by atoms with Crippen molar-refractivity contribution >= 4 is 32.7 Å². The van der Waals surface area contributed by atoms with E-state index in [9.17, 15) is 4.79 Å². The van der Waals surface area contributed by atoms with Crippen LogP contribution >= 0.6 is 11.3 Å². The second-order valence-electron chi connectivity index (χ2n) is 7.81. The molecule has 0 atom stereocenters. The van der Waals surface area contributed by atoms with E-state index in [0.717, 1.165) is 45.7 Å². The Bertz CT molecular complexity index is 1240. The van der Waals surface area contributed by atoms with E-state index in [-0.39, 0.29) is 12.5 Å². The molecule has 0 bridgehead atoms. The van der Waals surface area contributed by atoms with Gasteiger partial charge in [-0.05, 0) is 43.3 Å². The Morgan fingerprint density at radius 3 is 2.39 bits per heavy atom. The average Bonchev–Trinajstić information content (AvgIpc) is 3.44. The number of piperazine rings is 1. The smallest absolute Gasteiger partial charge is 0.260 e. The molecule has 3 heterocycles. The Balaban J connectivity index is 1.21. The van der Waals surface area contributed by atoms with Crippen molar-refractivity contribution in [2.75, 3.05) is 44.8 Å². The number of carbonyl (C=O) groups excluding carboxylic acids is 1. The zero-order chi connectivity index (χ0) is 22.8. The summed E-state index contributed by atoms with van der Waals surface area (Å²) in [6, 6.07) is 17.3. The fourth-order valence-electron chi connectivity index (χ4n) is 3.86. The number of nitrogens with zero attached hydrogens (tertiary/aromatic N) is 5. The van der Waals surface area contributed by atoms with Crippen LogP contribution in [0.5, 0.6) is 11.5 Å². The number of aromatic nitrogens is 3. The summed E-state index contributed by atoms with van der Waals surface area (Å²) in [5.74, 6) is 1.40. The van der Waals surface area contributed by atoms with Crippen LogP contribution in [0, 0.1) is 6.92 Å². The van der Waals surface area contributed by atoms with Gasteiger partial charge in [0.15, 0.2) is 17.4 Å². The molecule has 1 aliphatic heterocycles. The van der Waals surface area contributed by atoms with Gasteiger partial charge in [0.05, 0.1) is 23.2 Å². The molecule has 1 saturated heterocycles. The second kappa shape index (κ2) is 9.11. The van der Waals surface area contributed by atoms with Gasteiger partial charge in [0.2, 0.25) is 0 Å². The van der Waals surface area contributed by atoms with E-state index in [2.05, 4.69) is 10.00 Å². The third-order valence-corrected chi connectivity index (χ3v) is 6.92. The number of carbonyl (C=O) groups is 1. The van der Waals surface area contributed by atoms with E-state index in [1.165, 1.54) is 0 Å². The summed E-state index contributed by atoms with van der Waals surface area (Å²) in [5.41, 5.74) is 2.85. The van der Waals surface area contributed by atoms with Gasteiger partial charge in [-0.25, -0.2) is 4.68 Å². The molecule has 4 aromatic rings. The van der Waals surface area contributed by atoms with Gasteiger partial charge in [0, 0.05) is 26.2 Å². The summed E-state index contributed by atoms with van der Waals surface area (Å²) in [6.07, 6.45) is 0. The lowest BCUT2D eigenvalue weighted by atomic mass is 10.3. The minimum absolute atomic E-state index is 0.00895. The fourth-order valence-corrected chi connectivity index (χ4v) is 4.90. The van der Waals surface area contributed by atoms with E-state index >= 15 is 0 Å². The molecule has 1 aliphatic rings. The van der Waals surface area contributed by atoms with Gasteiger partial charge >= 0.3 is 0 Å². The Morgan fingerprint density at radius 1 is 1.00 bits per heavy atom. The predicted octanol–water partition coefficient (Wildman–Crippen LogP) is 3.53. The zero-order valence-corrected chi connectivity index (χ0v) is 19.4. The first-order valence-corrected chi connectivity index (χ1v) is 11.6. The zero-order valence-electron chi connectivity index (χ0n) is 18.6. The van der Waals surface area contributed by atoms with Crippen molar-refractivity contribution in [3.63, 3.8) is 0 Å². The number of benzene rings is 2. The van der Waals surface area contributed by atoms with E-state index in [4.69, 9.17) is 14.5 Å². The summed E-state index contributed by atoms with van der Waals surface area (Å²) >= 11 is 1.66. The molecular formula is C24H25N5O3S. The highest BCUT2D eigenvalue weighted by Gasteiger charge is 2.25. The van der Waals surface area contributed by atoms with E-state index in [1.807, 2.05) is 59.0 Å². The Labute approximate surface area is 196 Å². The van der Waals surface area contributed by atoms with Crippen LogP contribution in [-0.4, -0.2) is 65.5 Å². The molecule has 33 heavy (non-hydrogen) atoms. The number of ether oxygens (including phenoxy) is 2. The second-order valence-corrected chi connectivity index (χ2v) is 8.79. The van der Waals surface area contributed by atoms with Crippen molar-refractivity contribution in [3.8, 4) is 17.2 Å². The van der Waals surface area contributed by atoms with Crippen LogP contribution in [0.4, 0.5) is 5.13 Å². The summed E-state index contributed by atoms with van der Waals surface area (Å²) in [7, 11) is 1.62. The van der Waals surface area contributed by atoms with Crippen LogP contribution in [0.1, 0.15) is 5.69 Å². The van der Waals surface area contributed by atoms with E-state index in [0.29, 0.717) is 18.8 Å². The first kappa shape index (κ1) is 21.3. The first-order valence-electron chi connectivity index (χ1n) is 10.8. The van der Waals surface area contributed by atoms with Gasteiger partial charge in [-0.3, -0.25) is 4.79 Å². The average molecular weight is 464 g/mol. The number of methoxy groups -OCH3 is 1. The number of hydrogen-bond donors (Lipinski definition) is 0. The van der Waals surface area contributed by atoms with Crippen LogP contribution in [-0.2, 0) is 4.79 Å². The number of rotatable bonds is 6. The standard InChI is InChI=1S/C24H25N5O3S/c1-17-22-23(29(26-17)18-6-4-3-5-7-18)25-24(33-22)28-14-12-27(13-15-28)21(30)16-32-20-10-8-19(31-2)9-11-20/h3-11H,12-16H2,1-2H3. The molecule has 0 radical (unpaired) electrons. The van der Waals surface area contributed by atoms with E-state index in [1.54, 1.807) is 30.6 Å². The normalized spacial score (nSPS) is 14.0. The molecule has 170 valence electrons. The third kappa shape index (κ3) is 4.36. The van der Waals surface area contributed by atoms with Crippen LogP contribution in [0.2, 0.25) is 0 Å². The number of para-hydroxylation sites is 1. The number of hydrogen-bond acceptors (Lipinski definition) is 7. The van der Waals surface area contributed by atoms with Crippen molar-refractivity contribution in [1.82, 2.24) is 19.7 Å². The Morgan fingerprint density at radius 2 is 1.70 bits per heavy atom. The molecule has 5 rings (SSSR count). The molecule has 0 N–H and O–H groups in total. The van der Waals surface area contributed by atoms with Crippen LogP contribution in [0.15, 0.2) is 54.6 Å². The molecule has 0 spiro atoms. The SMILES string of the molecule is COc1ccc(OCC(=O)N2CCN(c3nc4c(s3)c(C)nn4-c3ccccc3)CC2)cc1. The lowest BCUT2D eigenvalue weighted by Gasteiger charge is -2.34. The van der Waals surface area contributed by atoms with Crippen molar-refractivity contribution < 1.29 is 14.3 Å². The molecular weight excluding hydrogens is 438 g/mol. The molecule has 1 fully saturated rings. The highest BCUT2D eigenvalue weighted by atomic mass is 32.1. The predicted molar refractivity (Wildman–Crippen MR) is 129 cm³/mol. The van der Waals surface area contributed by atoms with Gasteiger partial charge in [-0.2, -0.15) is 10.1 Å². The molecule has 8 nitrogen and oxygen atoms in total. The van der Waals surface area contributed by atoms with Gasteiger partial charge < -0.3 is 19.3 Å². The number of thiazole rings is 1. The van der Waals surface area contributed by atoms with Gasteiger partial charge in [0.1, 0.15) is 11.5 Å². The fraction of sp³-hybridized carbons (Fsp3) is 0.292. The van der Waals surface area contributed by atoms with Crippen LogP contribution < -0.4 is 14.4 Å². The Kier molecular flexibility index (Phi) is 5.87. The number of amides is 1. The molecule has 0 saturated carbocycles. The van der Waals surface area contributed by atoms with Gasteiger partial charge in [-0.1, -0.05) is 29.5 Å². The van der Waals surface area contributed by atoms with Gasteiger partial charge in [-0.15, -0.1) is 0 Å². The minimum atomic E-state index is -0.00895. The summed E-state index contributed by atoms with van der Waals surface area (Å²) < 4.78 is 13.8. The van der Waals surface area contributed by atoms with E-state index < -0.39 is 0 Å². The molecule has 2 aromatic carbocycles. The molecule has 2 aromatic heterocycles. The molecule has 0 unspecified atom stereocenters. The number of fused-ring (bicyclic) bond motifs is 1. The number of anilines is 1. The molecule has 9 heteroatoms. The Hall–Kier alpha value is -3.59. The monoisotopic (exact) mass is 463 g/mol. The summed E-state index contributed by atoms with van der Waals surface area (Å²) in [5, 5.41) is 5.64. The van der Waals surface area contributed by atoms with Crippen LogP contribution in [0.25, 0.3) is 16.0 Å². The topological polar surface area (TPSA) is 72.7 Å². The van der Waals surface area contributed by atoms with Crippen molar-refractivity contribution in [1.29, 1.82) is 0 Å². The lowest BCUT2D eigenvalue weighted by Crippen LogP contribution is -2.50. The van der Waals surface area contributed by atoms with Crippen LogP contribution in [0.3, 0.4) is 0 Å². The number of aryl methyl sites for hydroxylation is 1. The maximum absolute atomic E-state index is 12.6. The summed E-state index contributed by atoms with van der Waals surface area (Å²) in [4.78, 5) is 21.6. The van der Waals surface area contributed by atoms with Crippen molar-refractivity contribution in [2.24, 2.45) is 0 Å². The molecule has 1 amide bonds. The highest BCUT2D eigenvalue weighted by molar-refractivity contribution is 7.22. The maximum atomic E-state index is 12.6. The highest BCUT2D eigenvalue weighted by Crippen LogP contribution is 2.33. The minimum Gasteiger partial charge on any atom is -0.497 e. The first-order chi connectivity index (χ1) is 16.1. The maximum Gasteiger partial charge on any atom is 0.260 e. The summed E-state index contributed by atoms with van der Waals surface area (Å²) in [6.45, 7) is 4.81. The van der Waals surface area contributed by atoms with Crippen molar-refractivity contribution in [2.45, 2.75) is 6.92 Å². The van der Waals surface area contributed by atoms with Gasteiger partial charge in [0.25, 0.3) is 5.91 Å².